The van der Waals surface area contributed by atoms with E-state index in [9.17, 15) is 13.6 Å². The van der Waals surface area contributed by atoms with Gasteiger partial charge in [0, 0.05) is 17.0 Å². The highest BCUT2D eigenvalue weighted by atomic mass is 19.1. The number of nitrogens with zero attached hydrogens (tertiary/aromatic N) is 1. The largest absolute Gasteiger partial charge is 0.396 e. The summed E-state index contributed by atoms with van der Waals surface area (Å²) in [6.07, 6.45) is 3.05. The Hall–Kier alpha value is -3.06. The SMILES string of the molecule is O=C(CCO)Nc1cc2c(C=Cc3ccccc3F)n[nH]c2cc1F. The van der Waals surface area contributed by atoms with E-state index >= 15 is 0 Å². The van der Waals surface area contributed by atoms with E-state index in [0.717, 1.165) is 0 Å². The minimum atomic E-state index is -0.618. The Bertz CT molecular complexity index is 951. The molecule has 0 unspecified atom stereocenters. The van der Waals surface area contributed by atoms with E-state index in [2.05, 4.69) is 15.5 Å². The topological polar surface area (TPSA) is 78.0 Å². The molecule has 0 atom stereocenters. The maximum absolute atomic E-state index is 14.0. The van der Waals surface area contributed by atoms with Crippen LogP contribution in [0.2, 0.25) is 0 Å². The van der Waals surface area contributed by atoms with Gasteiger partial charge in [-0.3, -0.25) is 9.89 Å². The highest BCUT2D eigenvalue weighted by Crippen LogP contribution is 2.25. The summed E-state index contributed by atoms with van der Waals surface area (Å²) in [5, 5.41) is 18.5. The molecule has 0 saturated carbocycles. The molecule has 25 heavy (non-hydrogen) atoms. The predicted molar refractivity (Wildman–Crippen MR) is 91.7 cm³/mol. The molecule has 0 aliphatic heterocycles. The minimum Gasteiger partial charge on any atom is -0.396 e. The number of aliphatic hydroxyl groups excluding tert-OH is 1. The molecule has 0 fully saturated rings. The third kappa shape index (κ3) is 3.72. The van der Waals surface area contributed by atoms with E-state index in [-0.39, 0.29) is 24.5 Å². The molecule has 0 radical (unpaired) electrons. The van der Waals surface area contributed by atoms with Gasteiger partial charge in [0.15, 0.2) is 0 Å². The van der Waals surface area contributed by atoms with Crippen molar-refractivity contribution < 1.29 is 18.7 Å². The summed E-state index contributed by atoms with van der Waals surface area (Å²) in [7, 11) is 0. The standard InChI is InChI=1S/C18H15F2N3O2/c19-13-4-2-1-3-11(13)5-6-15-12-9-17(21-18(25)7-8-24)14(20)10-16(12)23-22-15/h1-6,9-10,24H,7-8H2,(H,21,25)(H,22,23). The molecule has 3 aromatic rings. The first kappa shape index (κ1) is 16.8. The number of aromatic nitrogens is 2. The Balaban J connectivity index is 1.94. The summed E-state index contributed by atoms with van der Waals surface area (Å²) in [6, 6.07) is 8.96. The van der Waals surface area contributed by atoms with Crippen LogP contribution < -0.4 is 5.32 Å². The summed E-state index contributed by atoms with van der Waals surface area (Å²) in [5.41, 5.74) is 1.33. The lowest BCUT2D eigenvalue weighted by Gasteiger charge is -2.06. The molecular weight excluding hydrogens is 328 g/mol. The molecule has 2 aromatic carbocycles. The molecule has 128 valence electrons. The number of hydrogen-bond donors (Lipinski definition) is 3. The zero-order valence-corrected chi connectivity index (χ0v) is 13.1. The van der Waals surface area contributed by atoms with Crippen molar-refractivity contribution >= 4 is 34.6 Å². The molecule has 1 amide bonds. The van der Waals surface area contributed by atoms with E-state index in [4.69, 9.17) is 5.11 Å². The van der Waals surface area contributed by atoms with E-state index in [1.807, 2.05) is 0 Å². The third-order valence-electron chi connectivity index (χ3n) is 3.62. The van der Waals surface area contributed by atoms with Gasteiger partial charge in [0.05, 0.1) is 29.9 Å². The minimum absolute atomic E-state index is 0.00658. The summed E-state index contributed by atoms with van der Waals surface area (Å²) in [4.78, 5) is 11.6. The van der Waals surface area contributed by atoms with Gasteiger partial charge in [-0.05, 0) is 24.3 Å². The van der Waals surface area contributed by atoms with Crippen LogP contribution in [-0.2, 0) is 4.79 Å². The molecule has 0 aliphatic carbocycles. The fraction of sp³-hybridized carbons (Fsp3) is 0.111. The zero-order valence-electron chi connectivity index (χ0n) is 13.1. The van der Waals surface area contributed by atoms with Gasteiger partial charge in [0.2, 0.25) is 5.91 Å². The van der Waals surface area contributed by atoms with Crippen molar-refractivity contribution in [3.63, 3.8) is 0 Å². The molecule has 0 aliphatic rings. The van der Waals surface area contributed by atoms with Gasteiger partial charge in [-0.15, -0.1) is 0 Å². The number of aliphatic hydroxyl groups is 1. The number of carbonyl (C=O) groups is 1. The Morgan fingerprint density at radius 2 is 2.00 bits per heavy atom. The van der Waals surface area contributed by atoms with Crippen molar-refractivity contribution in [3.8, 4) is 0 Å². The van der Waals surface area contributed by atoms with Crippen molar-refractivity contribution in [2.45, 2.75) is 6.42 Å². The van der Waals surface area contributed by atoms with Gasteiger partial charge < -0.3 is 10.4 Å². The zero-order chi connectivity index (χ0) is 17.8. The van der Waals surface area contributed by atoms with Crippen molar-refractivity contribution in [1.29, 1.82) is 0 Å². The van der Waals surface area contributed by atoms with E-state index in [1.165, 1.54) is 18.2 Å². The number of H-pyrrole nitrogens is 1. The van der Waals surface area contributed by atoms with Crippen LogP contribution in [0.1, 0.15) is 17.7 Å². The number of amides is 1. The maximum atomic E-state index is 14.0. The molecule has 3 rings (SSSR count). The number of anilines is 1. The second-order valence-electron chi connectivity index (χ2n) is 5.36. The number of hydrogen-bond acceptors (Lipinski definition) is 3. The lowest BCUT2D eigenvalue weighted by Crippen LogP contribution is -2.13. The van der Waals surface area contributed by atoms with Gasteiger partial charge in [-0.1, -0.05) is 18.2 Å². The van der Waals surface area contributed by atoms with E-state index in [1.54, 1.807) is 30.4 Å². The normalized spacial score (nSPS) is 11.3. The van der Waals surface area contributed by atoms with Crippen LogP contribution in [0.5, 0.6) is 0 Å². The molecule has 0 saturated heterocycles. The maximum Gasteiger partial charge on any atom is 0.226 e. The first-order chi connectivity index (χ1) is 12.1. The molecule has 0 spiro atoms. The Morgan fingerprint density at radius 1 is 1.20 bits per heavy atom. The Kier molecular flexibility index (Phi) is 4.85. The average molecular weight is 343 g/mol. The first-order valence-corrected chi connectivity index (χ1v) is 7.59. The number of fused-ring (bicyclic) bond motifs is 1. The lowest BCUT2D eigenvalue weighted by molar-refractivity contribution is -0.116. The van der Waals surface area contributed by atoms with E-state index in [0.29, 0.717) is 22.2 Å². The summed E-state index contributed by atoms with van der Waals surface area (Å²) >= 11 is 0. The van der Waals surface area contributed by atoms with Crippen LogP contribution >= 0.6 is 0 Å². The highest BCUT2D eigenvalue weighted by Gasteiger charge is 2.12. The fourth-order valence-corrected chi connectivity index (χ4v) is 2.37. The van der Waals surface area contributed by atoms with Gasteiger partial charge in [-0.2, -0.15) is 5.10 Å². The van der Waals surface area contributed by atoms with Crippen molar-refractivity contribution in [1.82, 2.24) is 10.2 Å². The number of aromatic amines is 1. The number of nitrogens with one attached hydrogen (secondary N) is 2. The number of halogens is 2. The van der Waals surface area contributed by atoms with Crippen molar-refractivity contribution in [3.05, 3.63) is 59.3 Å². The van der Waals surface area contributed by atoms with Crippen molar-refractivity contribution in [2.24, 2.45) is 0 Å². The van der Waals surface area contributed by atoms with Crippen LogP contribution in [0, 0.1) is 11.6 Å². The highest BCUT2D eigenvalue weighted by molar-refractivity contribution is 5.96. The summed E-state index contributed by atoms with van der Waals surface area (Å²) in [5.74, 6) is -1.47. The van der Waals surface area contributed by atoms with Crippen LogP contribution in [0.25, 0.3) is 23.1 Å². The smallest absolute Gasteiger partial charge is 0.226 e. The van der Waals surface area contributed by atoms with Crippen LogP contribution in [0.4, 0.5) is 14.5 Å². The first-order valence-electron chi connectivity index (χ1n) is 7.59. The number of rotatable bonds is 5. The second-order valence-corrected chi connectivity index (χ2v) is 5.36. The number of carbonyl (C=O) groups excluding carboxylic acids is 1. The van der Waals surface area contributed by atoms with E-state index < -0.39 is 11.7 Å². The fourth-order valence-electron chi connectivity index (χ4n) is 2.37. The third-order valence-corrected chi connectivity index (χ3v) is 3.62. The Labute approximate surface area is 142 Å². The van der Waals surface area contributed by atoms with Gasteiger partial charge >= 0.3 is 0 Å². The molecular formula is C18H15F2N3O2. The second kappa shape index (κ2) is 7.23. The average Bonchev–Trinajstić information content (AvgIpc) is 2.96. The molecule has 5 nitrogen and oxygen atoms in total. The molecule has 3 N–H and O–H groups in total. The van der Waals surface area contributed by atoms with Crippen molar-refractivity contribution in [2.75, 3.05) is 11.9 Å². The quantitative estimate of drug-likeness (QED) is 0.665. The Morgan fingerprint density at radius 3 is 2.76 bits per heavy atom. The summed E-state index contributed by atoms with van der Waals surface area (Å²) in [6.45, 7) is -0.321. The summed E-state index contributed by atoms with van der Waals surface area (Å²) < 4.78 is 27.7. The van der Waals surface area contributed by atoms with Crippen LogP contribution in [-0.4, -0.2) is 27.8 Å². The van der Waals surface area contributed by atoms with Crippen LogP contribution in [0.3, 0.4) is 0 Å². The molecule has 1 aromatic heterocycles. The molecule has 0 bridgehead atoms. The molecule has 1 heterocycles. The monoisotopic (exact) mass is 343 g/mol. The lowest BCUT2D eigenvalue weighted by atomic mass is 10.1. The predicted octanol–water partition coefficient (Wildman–Crippen LogP) is 3.33. The van der Waals surface area contributed by atoms with Gasteiger partial charge in [-0.25, -0.2) is 8.78 Å². The molecule has 7 heteroatoms. The van der Waals surface area contributed by atoms with Crippen LogP contribution in [0.15, 0.2) is 36.4 Å². The van der Waals surface area contributed by atoms with Gasteiger partial charge in [0.1, 0.15) is 11.6 Å². The number of benzene rings is 2. The van der Waals surface area contributed by atoms with Gasteiger partial charge in [0.25, 0.3) is 0 Å².